The number of hydrogen-bond acceptors (Lipinski definition) is 2. The molecule has 0 N–H and O–H groups in total. The van der Waals surface area contributed by atoms with Crippen molar-refractivity contribution in [2.45, 2.75) is 10.9 Å². The lowest BCUT2D eigenvalue weighted by Crippen LogP contribution is -2.24. The second kappa shape index (κ2) is 5.30. The summed E-state index contributed by atoms with van der Waals surface area (Å²) in [6.45, 7) is 0.425. The molecule has 0 saturated heterocycles. The summed E-state index contributed by atoms with van der Waals surface area (Å²) in [5, 5.41) is 0. The van der Waals surface area contributed by atoms with E-state index >= 15 is 0 Å². The highest BCUT2D eigenvalue weighted by molar-refractivity contribution is 6.44. The molecule has 0 fully saturated rings. The van der Waals surface area contributed by atoms with E-state index in [1.807, 2.05) is 0 Å². The lowest BCUT2D eigenvalue weighted by Gasteiger charge is -2.13. The monoisotopic (exact) mass is 172 g/mol. The third kappa shape index (κ3) is 3.98. The Morgan fingerprint density at radius 1 is 1.33 bits per heavy atom. The third-order valence-electron chi connectivity index (χ3n) is 0.915. The summed E-state index contributed by atoms with van der Waals surface area (Å²) in [6.07, 6.45) is -0.224. The van der Waals surface area contributed by atoms with Crippen LogP contribution in [0.5, 0.6) is 0 Å². The number of methoxy groups -OCH3 is 2. The van der Waals surface area contributed by atoms with Crippen LogP contribution in [0.1, 0.15) is 0 Å². The first-order valence-electron chi connectivity index (χ1n) is 2.52. The quantitative estimate of drug-likeness (QED) is 0.599. The molecule has 0 spiro atoms. The molecule has 4 heteroatoms. The standard InChI is InChI=1S/C5H10Cl2O2/c1-8-3-4(9-2)5(6)7/h4-5H,3H2,1-2H3. The summed E-state index contributed by atoms with van der Waals surface area (Å²) in [5.74, 6) is 0. The van der Waals surface area contributed by atoms with Gasteiger partial charge in [0.25, 0.3) is 0 Å². The molecule has 0 rings (SSSR count). The Morgan fingerprint density at radius 2 is 1.89 bits per heavy atom. The van der Waals surface area contributed by atoms with Gasteiger partial charge in [-0.3, -0.25) is 0 Å². The van der Waals surface area contributed by atoms with Gasteiger partial charge in [-0.25, -0.2) is 0 Å². The van der Waals surface area contributed by atoms with Gasteiger partial charge in [0.15, 0.2) is 0 Å². The molecule has 56 valence electrons. The first-order valence-corrected chi connectivity index (χ1v) is 3.39. The van der Waals surface area contributed by atoms with Gasteiger partial charge in [-0.05, 0) is 0 Å². The largest absolute Gasteiger partial charge is 0.382 e. The molecule has 0 bridgehead atoms. The van der Waals surface area contributed by atoms with Gasteiger partial charge < -0.3 is 9.47 Å². The number of alkyl halides is 2. The zero-order valence-electron chi connectivity index (χ0n) is 5.43. The molecule has 0 aliphatic heterocycles. The average molecular weight is 173 g/mol. The number of hydrogen-bond donors (Lipinski definition) is 0. The SMILES string of the molecule is COCC(OC)C(Cl)Cl. The van der Waals surface area contributed by atoms with Crippen LogP contribution in [0.3, 0.4) is 0 Å². The maximum Gasteiger partial charge on any atom is 0.136 e. The van der Waals surface area contributed by atoms with Crippen molar-refractivity contribution >= 4 is 23.2 Å². The molecule has 0 aromatic heterocycles. The van der Waals surface area contributed by atoms with E-state index in [0.717, 1.165) is 0 Å². The van der Waals surface area contributed by atoms with Gasteiger partial charge >= 0.3 is 0 Å². The van der Waals surface area contributed by atoms with E-state index < -0.39 is 4.84 Å². The highest BCUT2D eigenvalue weighted by Crippen LogP contribution is 2.10. The lowest BCUT2D eigenvalue weighted by atomic mass is 10.4. The highest BCUT2D eigenvalue weighted by atomic mass is 35.5. The number of halogens is 2. The van der Waals surface area contributed by atoms with Crippen molar-refractivity contribution in [1.29, 1.82) is 0 Å². The van der Waals surface area contributed by atoms with Crippen molar-refractivity contribution in [2.75, 3.05) is 20.8 Å². The normalized spacial score (nSPS) is 14.3. The number of rotatable bonds is 4. The molecule has 2 nitrogen and oxygen atoms in total. The van der Waals surface area contributed by atoms with Crippen LogP contribution in [0.2, 0.25) is 0 Å². The van der Waals surface area contributed by atoms with E-state index in [1.165, 1.54) is 0 Å². The molecule has 0 heterocycles. The Hall–Kier alpha value is 0.500. The zero-order chi connectivity index (χ0) is 7.28. The Labute approximate surface area is 65.0 Å². The molecular formula is C5H10Cl2O2. The van der Waals surface area contributed by atoms with E-state index in [9.17, 15) is 0 Å². The molecular weight excluding hydrogens is 163 g/mol. The van der Waals surface area contributed by atoms with Crippen molar-refractivity contribution in [2.24, 2.45) is 0 Å². The number of ether oxygens (including phenoxy) is 2. The van der Waals surface area contributed by atoms with Gasteiger partial charge in [0.1, 0.15) is 10.9 Å². The van der Waals surface area contributed by atoms with Crippen LogP contribution < -0.4 is 0 Å². The minimum atomic E-state index is -0.519. The second-order valence-electron chi connectivity index (χ2n) is 1.56. The average Bonchev–Trinajstić information content (AvgIpc) is 1.82. The van der Waals surface area contributed by atoms with Gasteiger partial charge in [-0.2, -0.15) is 0 Å². The molecule has 9 heavy (non-hydrogen) atoms. The predicted octanol–water partition coefficient (Wildman–Crippen LogP) is 1.45. The molecule has 1 unspecified atom stereocenters. The van der Waals surface area contributed by atoms with E-state index in [1.54, 1.807) is 14.2 Å². The lowest BCUT2D eigenvalue weighted by molar-refractivity contribution is 0.0367. The van der Waals surface area contributed by atoms with Gasteiger partial charge in [0.2, 0.25) is 0 Å². The summed E-state index contributed by atoms with van der Waals surface area (Å²) in [7, 11) is 3.11. The molecule has 0 saturated carbocycles. The smallest absolute Gasteiger partial charge is 0.136 e. The highest BCUT2D eigenvalue weighted by Gasteiger charge is 2.14. The van der Waals surface area contributed by atoms with E-state index in [-0.39, 0.29) is 6.10 Å². The van der Waals surface area contributed by atoms with Crippen LogP contribution in [-0.2, 0) is 9.47 Å². The molecule has 0 aliphatic carbocycles. The maximum absolute atomic E-state index is 5.48. The summed E-state index contributed by atoms with van der Waals surface area (Å²) in [6, 6.07) is 0. The van der Waals surface area contributed by atoms with Gasteiger partial charge in [-0.15, -0.1) is 23.2 Å². The maximum atomic E-state index is 5.48. The van der Waals surface area contributed by atoms with E-state index in [2.05, 4.69) is 0 Å². The topological polar surface area (TPSA) is 18.5 Å². The van der Waals surface area contributed by atoms with Crippen LogP contribution in [-0.4, -0.2) is 31.8 Å². The third-order valence-corrected chi connectivity index (χ3v) is 1.48. The van der Waals surface area contributed by atoms with Crippen molar-refractivity contribution in [1.82, 2.24) is 0 Å². The second-order valence-corrected chi connectivity index (χ2v) is 2.73. The molecule has 0 aromatic carbocycles. The minimum absolute atomic E-state index is 0.224. The van der Waals surface area contributed by atoms with Crippen LogP contribution in [0.15, 0.2) is 0 Å². The minimum Gasteiger partial charge on any atom is -0.382 e. The summed E-state index contributed by atoms with van der Waals surface area (Å²) in [5.41, 5.74) is 0. The van der Waals surface area contributed by atoms with E-state index in [4.69, 9.17) is 32.7 Å². The Kier molecular flexibility index (Phi) is 5.59. The summed E-state index contributed by atoms with van der Waals surface area (Å²) in [4.78, 5) is -0.519. The fraction of sp³-hybridized carbons (Fsp3) is 1.00. The summed E-state index contributed by atoms with van der Waals surface area (Å²) >= 11 is 11.0. The summed E-state index contributed by atoms with van der Waals surface area (Å²) < 4.78 is 9.63. The van der Waals surface area contributed by atoms with Gasteiger partial charge in [0, 0.05) is 14.2 Å². The van der Waals surface area contributed by atoms with Gasteiger partial charge in [-0.1, -0.05) is 0 Å². The van der Waals surface area contributed by atoms with E-state index in [0.29, 0.717) is 6.61 Å². The van der Waals surface area contributed by atoms with Gasteiger partial charge in [0.05, 0.1) is 6.61 Å². The molecule has 1 atom stereocenters. The van der Waals surface area contributed by atoms with Crippen molar-refractivity contribution < 1.29 is 9.47 Å². The first kappa shape index (κ1) is 9.50. The zero-order valence-corrected chi connectivity index (χ0v) is 6.95. The van der Waals surface area contributed by atoms with Crippen LogP contribution in [0, 0.1) is 0 Å². The van der Waals surface area contributed by atoms with Crippen LogP contribution in [0.4, 0.5) is 0 Å². The van der Waals surface area contributed by atoms with Crippen LogP contribution in [0.25, 0.3) is 0 Å². The Balaban J connectivity index is 3.41. The predicted molar refractivity (Wildman–Crippen MR) is 38.2 cm³/mol. The Morgan fingerprint density at radius 3 is 2.00 bits per heavy atom. The molecule has 0 radical (unpaired) electrons. The van der Waals surface area contributed by atoms with Crippen LogP contribution >= 0.6 is 23.2 Å². The fourth-order valence-electron chi connectivity index (χ4n) is 0.408. The Bertz CT molecular complexity index is 68.0. The molecule has 0 aliphatic rings. The first-order chi connectivity index (χ1) is 4.22. The fourth-order valence-corrected chi connectivity index (χ4v) is 0.759. The van der Waals surface area contributed by atoms with Crippen molar-refractivity contribution in [3.63, 3.8) is 0 Å². The van der Waals surface area contributed by atoms with Crippen molar-refractivity contribution in [3.05, 3.63) is 0 Å². The van der Waals surface area contributed by atoms with Crippen molar-refractivity contribution in [3.8, 4) is 0 Å². The molecule has 0 aromatic rings. The molecule has 0 amide bonds.